The van der Waals surface area contributed by atoms with Gasteiger partial charge in [-0.15, -0.1) is 0 Å². The van der Waals surface area contributed by atoms with E-state index in [1.807, 2.05) is 24.3 Å². The normalized spacial score (nSPS) is 11.8. The smallest absolute Gasteiger partial charge is 0.162 e. The van der Waals surface area contributed by atoms with Crippen LogP contribution in [-0.4, -0.2) is 19.1 Å². The number of rotatable bonds is 4. The Morgan fingerprint density at radius 1 is 0.375 bits per heavy atom. The zero-order valence-electron chi connectivity index (χ0n) is 26.0. The summed E-state index contributed by atoms with van der Waals surface area (Å²) < 4.78 is 4.72. The number of nitrogens with zero attached hydrogens (tertiary/aromatic N) is 4. The maximum Gasteiger partial charge on any atom is 0.162 e. The largest absolute Gasteiger partial charge is 0.309 e. The molecule has 0 aliphatic rings. The number of fused-ring (bicyclic) bond motifs is 9. The molecule has 4 nitrogen and oxygen atoms in total. The first kappa shape index (κ1) is 26.7. The molecule has 0 N–H and O–H groups in total. The molecule has 0 saturated carbocycles. The van der Waals surface area contributed by atoms with Crippen LogP contribution in [0.4, 0.5) is 0 Å². The van der Waals surface area contributed by atoms with Crippen LogP contribution >= 0.6 is 0 Å². The summed E-state index contributed by atoms with van der Waals surface area (Å²) in [5, 5.41) is 7.36. The maximum absolute atomic E-state index is 5.23. The Morgan fingerprint density at radius 3 is 1.69 bits per heavy atom. The summed E-state index contributed by atoms with van der Waals surface area (Å²) >= 11 is 0. The predicted octanol–water partition coefficient (Wildman–Crippen LogP) is 11.2. The highest BCUT2D eigenvalue weighted by Crippen LogP contribution is 2.42. The lowest BCUT2D eigenvalue weighted by molar-refractivity contribution is 1.05. The summed E-state index contributed by atoms with van der Waals surface area (Å²) in [4.78, 5) is 10.3. The quantitative estimate of drug-likeness (QED) is 0.198. The van der Waals surface area contributed by atoms with Crippen LogP contribution in [-0.2, 0) is 0 Å². The summed E-state index contributed by atoms with van der Waals surface area (Å²) in [5.74, 6) is 1.54. The van der Waals surface area contributed by atoms with Crippen molar-refractivity contribution >= 4 is 54.4 Å². The van der Waals surface area contributed by atoms with E-state index in [0.29, 0.717) is 5.82 Å². The maximum atomic E-state index is 5.23. The van der Waals surface area contributed by atoms with Crippen molar-refractivity contribution in [3.05, 3.63) is 170 Å². The Morgan fingerprint density at radius 2 is 0.938 bits per heavy atom. The zero-order valence-corrected chi connectivity index (χ0v) is 26.0. The third-order valence-corrected chi connectivity index (χ3v) is 9.52. The van der Waals surface area contributed by atoms with Gasteiger partial charge in [0.05, 0.1) is 27.8 Å². The highest BCUT2D eigenvalue weighted by molar-refractivity contribution is 6.27. The molecule has 0 radical (unpaired) electrons. The molecule has 0 aliphatic carbocycles. The molecular weight excluding hydrogens is 585 g/mol. The van der Waals surface area contributed by atoms with Crippen LogP contribution in [0.3, 0.4) is 0 Å². The average molecular weight is 613 g/mol. The van der Waals surface area contributed by atoms with E-state index in [9.17, 15) is 0 Å². The minimum absolute atomic E-state index is 0.702. The molecule has 0 fully saturated rings. The van der Waals surface area contributed by atoms with Gasteiger partial charge in [-0.2, -0.15) is 0 Å². The third-order valence-electron chi connectivity index (χ3n) is 9.52. The van der Waals surface area contributed by atoms with E-state index in [2.05, 4.69) is 155 Å². The number of para-hydroxylation sites is 3. The van der Waals surface area contributed by atoms with Crippen LogP contribution in [0.25, 0.3) is 88.5 Å². The van der Waals surface area contributed by atoms with Crippen LogP contribution in [0.2, 0.25) is 0 Å². The summed E-state index contributed by atoms with van der Waals surface area (Å²) in [7, 11) is 0. The van der Waals surface area contributed by atoms with Gasteiger partial charge in [-0.05, 0) is 35.7 Å². The minimum atomic E-state index is 0.702. The third kappa shape index (κ3) is 3.96. The summed E-state index contributed by atoms with van der Waals surface area (Å²) in [6, 6.07) is 60.0. The van der Waals surface area contributed by atoms with Gasteiger partial charge in [0.1, 0.15) is 5.82 Å². The van der Waals surface area contributed by atoms with Crippen molar-refractivity contribution in [3.63, 3.8) is 0 Å². The van der Waals surface area contributed by atoms with Crippen molar-refractivity contribution in [2.24, 2.45) is 0 Å². The van der Waals surface area contributed by atoms with Gasteiger partial charge >= 0.3 is 0 Å². The lowest BCUT2D eigenvalue weighted by Crippen LogP contribution is -2.02. The van der Waals surface area contributed by atoms with E-state index >= 15 is 0 Å². The summed E-state index contributed by atoms with van der Waals surface area (Å²) in [6.45, 7) is 0. The minimum Gasteiger partial charge on any atom is -0.309 e. The van der Waals surface area contributed by atoms with Crippen molar-refractivity contribution in [1.82, 2.24) is 19.1 Å². The van der Waals surface area contributed by atoms with E-state index in [-0.39, 0.29) is 0 Å². The van der Waals surface area contributed by atoms with E-state index in [1.165, 1.54) is 43.4 Å². The summed E-state index contributed by atoms with van der Waals surface area (Å²) in [5.41, 5.74) is 8.74. The molecule has 0 atom stereocenters. The number of hydrogen-bond donors (Lipinski definition) is 0. The first-order valence-corrected chi connectivity index (χ1v) is 16.3. The first-order chi connectivity index (χ1) is 23.8. The Kier molecular flexibility index (Phi) is 5.84. The van der Waals surface area contributed by atoms with Gasteiger partial charge in [0.2, 0.25) is 0 Å². The Balaban J connectivity index is 1.32. The highest BCUT2D eigenvalue weighted by Gasteiger charge is 2.21. The predicted molar refractivity (Wildman–Crippen MR) is 199 cm³/mol. The van der Waals surface area contributed by atoms with Gasteiger partial charge in [-0.1, -0.05) is 133 Å². The standard InChI is InChI=1S/C44H28N4/c1-4-14-29(15-5-1)37-28-41(46-44(45-37)30-16-6-2-7-17-30)48-39-23-13-11-21-36(39)42-33-24-25-34-32-20-10-12-22-38(32)47(31-18-8-3-9-19-31)43(34)35(33)26-27-40(42)48/h1-28H. The lowest BCUT2D eigenvalue weighted by atomic mass is 10.0. The number of aromatic nitrogens is 4. The molecule has 4 heteroatoms. The van der Waals surface area contributed by atoms with Crippen molar-refractivity contribution < 1.29 is 0 Å². The topological polar surface area (TPSA) is 35.6 Å². The highest BCUT2D eigenvalue weighted by atomic mass is 15.1. The van der Waals surface area contributed by atoms with Gasteiger partial charge in [0.15, 0.2) is 5.82 Å². The second-order valence-electron chi connectivity index (χ2n) is 12.2. The van der Waals surface area contributed by atoms with Crippen LogP contribution < -0.4 is 0 Å². The monoisotopic (exact) mass is 612 g/mol. The molecule has 0 aliphatic heterocycles. The zero-order chi connectivity index (χ0) is 31.6. The fourth-order valence-corrected chi connectivity index (χ4v) is 7.45. The fraction of sp³-hybridized carbons (Fsp3) is 0. The molecule has 3 aromatic heterocycles. The van der Waals surface area contributed by atoms with Crippen LogP contribution in [0.5, 0.6) is 0 Å². The molecule has 48 heavy (non-hydrogen) atoms. The number of benzene rings is 7. The molecule has 10 aromatic rings. The van der Waals surface area contributed by atoms with E-state index in [1.54, 1.807) is 0 Å². The molecule has 0 spiro atoms. The van der Waals surface area contributed by atoms with E-state index in [0.717, 1.165) is 39.4 Å². The van der Waals surface area contributed by atoms with Gasteiger partial charge in [-0.3, -0.25) is 4.57 Å². The lowest BCUT2D eigenvalue weighted by Gasteiger charge is -2.13. The first-order valence-electron chi connectivity index (χ1n) is 16.3. The van der Waals surface area contributed by atoms with E-state index in [4.69, 9.17) is 9.97 Å². The van der Waals surface area contributed by atoms with Gasteiger partial charge in [0, 0.05) is 49.8 Å². The summed E-state index contributed by atoms with van der Waals surface area (Å²) in [6.07, 6.45) is 0. The van der Waals surface area contributed by atoms with Crippen LogP contribution in [0.15, 0.2) is 170 Å². The van der Waals surface area contributed by atoms with Crippen molar-refractivity contribution in [2.75, 3.05) is 0 Å². The molecule has 10 rings (SSSR count). The second kappa shape index (κ2) is 10.5. The molecule has 0 bridgehead atoms. The van der Waals surface area contributed by atoms with Gasteiger partial charge in [-0.25, -0.2) is 9.97 Å². The number of hydrogen-bond acceptors (Lipinski definition) is 2. The molecule has 7 aromatic carbocycles. The van der Waals surface area contributed by atoms with Crippen LogP contribution in [0, 0.1) is 0 Å². The van der Waals surface area contributed by atoms with E-state index < -0.39 is 0 Å². The van der Waals surface area contributed by atoms with Crippen LogP contribution in [0.1, 0.15) is 0 Å². The molecule has 224 valence electrons. The molecular formula is C44H28N4. The SMILES string of the molecule is c1ccc(-c2cc(-n3c4ccccc4c4c5ccc6c7ccccc7n(-c7ccccc7)c6c5ccc43)nc(-c3ccccc3)n2)cc1. The Labute approximate surface area is 276 Å². The molecule has 3 heterocycles. The van der Waals surface area contributed by atoms with Gasteiger partial charge < -0.3 is 4.57 Å². The van der Waals surface area contributed by atoms with Gasteiger partial charge in [0.25, 0.3) is 0 Å². The molecule has 0 unspecified atom stereocenters. The fourth-order valence-electron chi connectivity index (χ4n) is 7.45. The molecule has 0 amide bonds. The van der Waals surface area contributed by atoms with Crippen molar-refractivity contribution in [3.8, 4) is 34.2 Å². The Hall–Kier alpha value is -6.52. The van der Waals surface area contributed by atoms with Crippen molar-refractivity contribution in [1.29, 1.82) is 0 Å². The van der Waals surface area contributed by atoms with Crippen molar-refractivity contribution in [2.45, 2.75) is 0 Å². The molecule has 0 saturated heterocycles. The average Bonchev–Trinajstić information content (AvgIpc) is 3.69. The Bertz CT molecular complexity index is 2760. The second-order valence-corrected chi connectivity index (χ2v) is 12.2.